The molecule has 2 aliphatic rings. The van der Waals surface area contributed by atoms with Gasteiger partial charge in [-0.2, -0.15) is 0 Å². The molecule has 72 valence electrons. The first-order valence-electron chi connectivity index (χ1n) is 5.14. The van der Waals surface area contributed by atoms with E-state index in [1.807, 2.05) is 23.1 Å². The van der Waals surface area contributed by atoms with Gasteiger partial charge in [0.15, 0.2) is 0 Å². The highest BCUT2D eigenvalue weighted by molar-refractivity contribution is 6.00. The van der Waals surface area contributed by atoms with Crippen LogP contribution in [0, 0.1) is 18.8 Å². The van der Waals surface area contributed by atoms with E-state index >= 15 is 0 Å². The third-order valence-corrected chi connectivity index (χ3v) is 3.33. The Hall–Kier alpha value is -1.31. The molecule has 0 spiro atoms. The first-order chi connectivity index (χ1) is 6.77. The topological polar surface area (TPSA) is 20.3 Å². The number of piperidine rings is 1. The molecule has 2 atom stereocenters. The zero-order valence-corrected chi connectivity index (χ0v) is 8.23. The summed E-state index contributed by atoms with van der Waals surface area (Å²) in [5.41, 5.74) is 2.30. The minimum atomic E-state index is 0.337. The first-order valence-corrected chi connectivity index (χ1v) is 5.14. The van der Waals surface area contributed by atoms with E-state index in [1.54, 1.807) is 0 Å². The Morgan fingerprint density at radius 1 is 1.36 bits per heavy atom. The van der Waals surface area contributed by atoms with Gasteiger partial charge in [-0.1, -0.05) is 18.2 Å². The minimum Gasteiger partial charge on any atom is -0.312 e. The molecule has 14 heavy (non-hydrogen) atoms. The third-order valence-electron chi connectivity index (χ3n) is 3.33. The molecule has 1 heterocycles. The van der Waals surface area contributed by atoms with E-state index in [9.17, 15) is 4.79 Å². The summed E-state index contributed by atoms with van der Waals surface area (Å²) in [4.78, 5) is 13.8. The van der Waals surface area contributed by atoms with Crippen LogP contribution >= 0.6 is 0 Å². The number of carbonyl (C=O) groups excluding carboxylic acids is 1. The zero-order valence-electron chi connectivity index (χ0n) is 8.23. The maximum Gasteiger partial charge on any atom is 0.230 e. The first kappa shape index (κ1) is 8.04. The summed E-state index contributed by atoms with van der Waals surface area (Å²) >= 11 is 0. The molecule has 1 aliphatic carbocycles. The largest absolute Gasteiger partial charge is 0.312 e. The second kappa shape index (κ2) is 2.59. The molecule has 1 saturated carbocycles. The van der Waals surface area contributed by atoms with Crippen LogP contribution in [-0.2, 0) is 4.79 Å². The number of anilines is 1. The number of fused-ring (bicyclic) bond motifs is 1. The van der Waals surface area contributed by atoms with E-state index in [-0.39, 0.29) is 0 Å². The van der Waals surface area contributed by atoms with E-state index in [0.717, 1.165) is 18.7 Å². The second-order valence-corrected chi connectivity index (χ2v) is 4.34. The highest BCUT2D eigenvalue weighted by Gasteiger charge is 2.52. The minimum absolute atomic E-state index is 0.337. The van der Waals surface area contributed by atoms with Gasteiger partial charge in [-0.05, 0) is 30.9 Å². The Morgan fingerprint density at radius 3 is 2.79 bits per heavy atom. The molecule has 1 aromatic carbocycles. The van der Waals surface area contributed by atoms with Crippen molar-refractivity contribution in [3.8, 4) is 0 Å². The number of carbonyl (C=O) groups is 1. The van der Waals surface area contributed by atoms with E-state index in [2.05, 4.69) is 13.0 Å². The maximum atomic E-state index is 11.8. The van der Waals surface area contributed by atoms with Crippen LogP contribution in [0.25, 0.3) is 0 Å². The van der Waals surface area contributed by atoms with Crippen LogP contribution in [0.1, 0.15) is 12.0 Å². The van der Waals surface area contributed by atoms with Gasteiger partial charge < -0.3 is 4.90 Å². The van der Waals surface area contributed by atoms with Crippen molar-refractivity contribution < 1.29 is 4.79 Å². The molecule has 0 radical (unpaired) electrons. The second-order valence-electron chi connectivity index (χ2n) is 4.34. The van der Waals surface area contributed by atoms with Gasteiger partial charge in [0.05, 0.1) is 0 Å². The summed E-state index contributed by atoms with van der Waals surface area (Å²) in [5, 5.41) is 0. The number of hydrogen-bond donors (Lipinski definition) is 0. The average Bonchev–Trinajstić information content (AvgIpc) is 2.88. The number of aryl methyl sites for hydroxylation is 1. The molecule has 0 aromatic heterocycles. The number of benzene rings is 1. The molecule has 1 amide bonds. The van der Waals surface area contributed by atoms with Gasteiger partial charge in [0.1, 0.15) is 0 Å². The van der Waals surface area contributed by atoms with Crippen molar-refractivity contribution in [2.24, 2.45) is 11.8 Å². The fourth-order valence-corrected chi connectivity index (χ4v) is 2.36. The van der Waals surface area contributed by atoms with Crippen molar-refractivity contribution in [1.82, 2.24) is 0 Å². The van der Waals surface area contributed by atoms with Crippen LogP contribution in [0.15, 0.2) is 24.3 Å². The lowest BCUT2D eigenvalue weighted by atomic mass is 10.2. The van der Waals surface area contributed by atoms with Crippen molar-refractivity contribution in [3.63, 3.8) is 0 Å². The Bertz CT molecular complexity index is 399. The van der Waals surface area contributed by atoms with E-state index in [4.69, 9.17) is 0 Å². The van der Waals surface area contributed by atoms with Crippen molar-refractivity contribution in [3.05, 3.63) is 29.8 Å². The maximum absolute atomic E-state index is 11.8. The zero-order chi connectivity index (χ0) is 9.71. The molecule has 1 saturated heterocycles. The molecule has 2 fully saturated rings. The molecule has 2 unspecified atom stereocenters. The van der Waals surface area contributed by atoms with Crippen LogP contribution in [0.3, 0.4) is 0 Å². The SMILES string of the molecule is Cc1ccccc1N1CC2CC2C1=O. The average molecular weight is 187 g/mol. The Labute approximate surface area is 83.5 Å². The van der Waals surface area contributed by atoms with Crippen LogP contribution in [-0.4, -0.2) is 12.5 Å². The summed E-state index contributed by atoms with van der Waals surface area (Å²) in [6.45, 7) is 3.00. The summed E-state index contributed by atoms with van der Waals surface area (Å²) in [7, 11) is 0. The molecule has 3 rings (SSSR count). The van der Waals surface area contributed by atoms with Gasteiger partial charge in [0.2, 0.25) is 5.91 Å². The lowest BCUT2D eigenvalue weighted by Crippen LogP contribution is -2.28. The lowest BCUT2D eigenvalue weighted by molar-refractivity contribution is -0.118. The highest BCUT2D eigenvalue weighted by atomic mass is 16.2. The van der Waals surface area contributed by atoms with Crippen LogP contribution in [0.2, 0.25) is 0 Å². The van der Waals surface area contributed by atoms with Crippen LogP contribution in [0.4, 0.5) is 5.69 Å². The van der Waals surface area contributed by atoms with E-state index in [1.165, 1.54) is 5.56 Å². The predicted octanol–water partition coefficient (Wildman–Crippen LogP) is 1.98. The van der Waals surface area contributed by atoms with Crippen LogP contribution in [0.5, 0.6) is 0 Å². The molecular weight excluding hydrogens is 174 g/mol. The summed E-state index contributed by atoms with van der Waals surface area (Å²) < 4.78 is 0. The summed E-state index contributed by atoms with van der Waals surface area (Å²) in [6.07, 6.45) is 1.13. The van der Waals surface area contributed by atoms with Crippen molar-refractivity contribution in [1.29, 1.82) is 0 Å². The smallest absolute Gasteiger partial charge is 0.230 e. The Balaban J connectivity index is 1.96. The summed E-state index contributed by atoms with van der Waals surface area (Å²) in [6, 6.07) is 8.12. The molecule has 0 bridgehead atoms. The van der Waals surface area contributed by atoms with Gasteiger partial charge in [-0.3, -0.25) is 4.79 Å². The van der Waals surface area contributed by atoms with Gasteiger partial charge in [0.25, 0.3) is 0 Å². The Morgan fingerprint density at radius 2 is 2.14 bits per heavy atom. The van der Waals surface area contributed by atoms with Gasteiger partial charge in [-0.25, -0.2) is 0 Å². The number of nitrogens with zero attached hydrogens (tertiary/aromatic N) is 1. The lowest BCUT2D eigenvalue weighted by Gasteiger charge is -2.20. The molecule has 0 N–H and O–H groups in total. The number of para-hydroxylation sites is 1. The fourth-order valence-electron chi connectivity index (χ4n) is 2.36. The van der Waals surface area contributed by atoms with Crippen LogP contribution < -0.4 is 4.90 Å². The standard InChI is InChI=1S/C12H13NO/c1-8-4-2-3-5-11(8)13-7-9-6-10(9)12(13)14/h2-5,9-10H,6-7H2,1H3. The van der Waals surface area contributed by atoms with Crippen molar-refractivity contribution >= 4 is 11.6 Å². The van der Waals surface area contributed by atoms with E-state index in [0.29, 0.717) is 17.7 Å². The number of rotatable bonds is 1. The predicted molar refractivity (Wildman–Crippen MR) is 55.1 cm³/mol. The van der Waals surface area contributed by atoms with E-state index < -0.39 is 0 Å². The normalized spacial score (nSPS) is 29.2. The quantitative estimate of drug-likeness (QED) is 0.658. The van der Waals surface area contributed by atoms with Crippen molar-refractivity contribution in [2.75, 3.05) is 11.4 Å². The molecule has 2 nitrogen and oxygen atoms in total. The highest BCUT2D eigenvalue weighted by Crippen LogP contribution is 2.47. The third kappa shape index (κ3) is 0.999. The summed E-state index contributed by atoms with van der Waals surface area (Å²) in [5.74, 6) is 1.35. The molecule has 1 aromatic rings. The number of hydrogen-bond acceptors (Lipinski definition) is 1. The number of amides is 1. The van der Waals surface area contributed by atoms with Gasteiger partial charge in [-0.15, -0.1) is 0 Å². The molecular formula is C12H13NO. The monoisotopic (exact) mass is 187 g/mol. The van der Waals surface area contributed by atoms with Crippen molar-refractivity contribution in [2.45, 2.75) is 13.3 Å². The fraction of sp³-hybridized carbons (Fsp3) is 0.417. The molecule has 2 heteroatoms. The molecule has 1 aliphatic heterocycles. The Kier molecular flexibility index (Phi) is 1.49. The van der Waals surface area contributed by atoms with Gasteiger partial charge in [0, 0.05) is 18.2 Å². The van der Waals surface area contributed by atoms with Gasteiger partial charge >= 0.3 is 0 Å².